The van der Waals surface area contributed by atoms with Gasteiger partial charge in [-0.1, -0.05) is 18.2 Å². The Morgan fingerprint density at radius 3 is 2.69 bits per heavy atom. The minimum atomic E-state index is -0.695. The zero-order valence-corrected chi connectivity index (χ0v) is 15.3. The van der Waals surface area contributed by atoms with Crippen LogP contribution in [-0.4, -0.2) is 49.1 Å². The molecule has 1 atom stereocenters. The highest BCUT2D eigenvalue weighted by Gasteiger charge is 2.46. The van der Waals surface area contributed by atoms with Crippen LogP contribution in [0, 0.1) is 0 Å². The third-order valence-corrected chi connectivity index (χ3v) is 5.16. The Labute approximate surface area is 155 Å². The zero-order chi connectivity index (χ0) is 18.7. The Kier molecular flexibility index (Phi) is 5.39. The Morgan fingerprint density at radius 1 is 1.23 bits per heavy atom. The number of carbonyl (C=O) groups is 2. The molecule has 1 saturated heterocycles. The second-order valence-electron chi connectivity index (χ2n) is 5.73. The van der Waals surface area contributed by atoms with Crippen LogP contribution in [0.3, 0.4) is 0 Å². The van der Waals surface area contributed by atoms with Crippen molar-refractivity contribution in [1.82, 2.24) is 4.90 Å². The molecule has 1 aromatic carbocycles. The summed E-state index contributed by atoms with van der Waals surface area (Å²) in [6, 6.07) is 9.83. The van der Waals surface area contributed by atoms with E-state index in [1.807, 2.05) is 17.5 Å². The Balaban J connectivity index is 2.12. The molecule has 1 amide bonds. The Bertz CT molecular complexity index is 843. The number of methoxy groups -OCH3 is 2. The van der Waals surface area contributed by atoms with Gasteiger partial charge in [-0.05, 0) is 23.6 Å². The molecule has 0 saturated carbocycles. The predicted octanol–water partition coefficient (Wildman–Crippen LogP) is 2.82. The molecule has 136 valence electrons. The molecular formula is C19H19NO5S. The van der Waals surface area contributed by atoms with Crippen LogP contribution in [0.1, 0.15) is 16.5 Å². The molecule has 1 unspecified atom stereocenters. The monoisotopic (exact) mass is 373 g/mol. The van der Waals surface area contributed by atoms with Crippen LogP contribution < -0.4 is 4.74 Å². The van der Waals surface area contributed by atoms with Crippen LogP contribution in [0.2, 0.25) is 0 Å². The second-order valence-corrected chi connectivity index (χ2v) is 6.71. The topological polar surface area (TPSA) is 76.1 Å². The average molecular weight is 373 g/mol. The number of aliphatic hydroxyl groups is 1. The molecule has 26 heavy (non-hydrogen) atoms. The molecule has 3 rings (SSSR count). The van der Waals surface area contributed by atoms with Gasteiger partial charge >= 0.3 is 0 Å². The van der Waals surface area contributed by atoms with Gasteiger partial charge in [-0.15, -0.1) is 11.3 Å². The number of Topliss-reactive ketones (excluding diaryl/α,β-unsaturated/α-hetero) is 1. The summed E-state index contributed by atoms with van der Waals surface area (Å²) in [6.07, 6.45) is 0. The minimum absolute atomic E-state index is 0.0850. The lowest BCUT2D eigenvalue weighted by Gasteiger charge is -2.23. The van der Waals surface area contributed by atoms with Crippen LogP contribution in [-0.2, 0) is 14.3 Å². The van der Waals surface area contributed by atoms with Gasteiger partial charge in [-0.2, -0.15) is 0 Å². The van der Waals surface area contributed by atoms with Crippen molar-refractivity contribution in [2.75, 3.05) is 27.4 Å². The van der Waals surface area contributed by atoms with Crippen molar-refractivity contribution in [3.05, 3.63) is 57.8 Å². The summed E-state index contributed by atoms with van der Waals surface area (Å²) in [5.41, 5.74) is 0.512. The number of benzene rings is 1. The number of ketones is 1. The summed E-state index contributed by atoms with van der Waals surface area (Å²) in [5.74, 6) is -0.986. The summed E-state index contributed by atoms with van der Waals surface area (Å²) in [4.78, 5) is 27.5. The average Bonchev–Trinajstić information content (AvgIpc) is 3.27. The summed E-state index contributed by atoms with van der Waals surface area (Å²) < 4.78 is 10.2. The van der Waals surface area contributed by atoms with Gasteiger partial charge in [-0.25, -0.2) is 0 Å². The quantitative estimate of drug-likeness (QED) is 0.479. The highest BCUT2D eigenvalue weighted by atomic mass is 32.1. The number of thiophene rings is 1. The lowest BCUT2D eigenvalue weighted by molar-refractivity contribution is -0.140. The first-order valence-corrected chi connectivity index (χ1v) is 8.91. The van der Waals surface area contributed by atoms with Crippen molar-refractivity contribution in [1.29, 1.82) is 0 Å². The number of nitrogens with zero attached hydrogens (tertiary/aromatic N) is 1. The van der Waals surface area contributed by atoms with Crippen molar-refractivity contribution in [3.63, 3.8) is 0 Å². The van der Waals surface area contributed by atoms with Crippen molar-refractivity contribution < 1.29 is 24.2 Å². The standard InChI is InChI=1S/C19H19NO5S/c1-24-9-8-20-16(14-7-4-10-26-14)15(18(22)19(20)23)17(21)12-5-3-6-13(11-12)25-2/h3-7,10-11,16,21H,8-9H2,1-2H3. The molecule has 1 aromatic heterocycles. The Morgan fingerprint density at radius 2 is 2.04 bits per heavy atom. The number of hydrogen-bond acceptors (Lipinski definition) is 6. The lowest BCUT2D eigenvalue weighted by Crippen LogP contribution is -2.32. The van der Waals surface area contributed by atoms with E-state index in [9.17, 15) is 14.7 Å². The maximum atomic E-state index is 12.7. The van der Waals surface area contributed by atoms with Gasteiger partial charge in [0.1, 0.15) is 11.5 Å². The number of amides is 1. The van der Waals surface area contributed by atoms with E-state index in [1.165, 1.54) is 30.5 Å². The van der Waals surface area contributed by atoms with Crippen molar-refractivity contribution in [2.24, 2.45) is 0 Å². The van der Waals surface area contributed by atoms with Gasteiger partial charge in [0.2, 0.25) is 0 Å². The van der Waals surface area contributed by atoms with Crippen LogP contribution >= 0.6 is 11.3 Å². The van der Waals surface area contributed by atoms with Crippen molar-refractivity contribution in [2.45, 2.75) is 6.04 Å². The van der Waals surface area contributed by atoms with E-state index in [2.05, 4.69) is 0 Å². The number of aliphatic hydroxyl groups excluding tert-OH is 1. The summed E-state index contributed by atoms with van der Waals surface area (Å²) in [5, 5.41) is 12.7. The smallest absolute Gasteiger partial charge is 0.295 e. The maximum Gasteiger partial charge on any atom is 0.295 e. The first kappa shape index (κ1) is 18.2. The van der Waals surface area contributed by atoms with E-state index in [0.29, 0.717) is 17.9 Å². The number of likely N-dealkylation sites (tertiary alicyclic amines) is 1. The predicted molar refractivity (Wildman–Crippen MR) is 98.2 cm³/mol. The third kappa shape index (κ3) is 3.23. The van der Waals surface area contributed by atoms with Gasteiger partial charge in [0, 0.05) is 24.1 Å². The van der Waals surface area contributed by atoms with Gasteiger partial charge in [0.25, 0.3) is 11.7 Å². The van der Waals surface area contributed by atoms with Crippen LogP contribution in [0.4, 0.5) is 0 Å². The molecule has 0 bridgehead atoms. The molecule has 1 fully saturated rings. The molecule has 6 nitrogen and oxygen atoms in total. The zero-order valence-electron chi connectivity index (χ0n) is 14.5. The lowest BCUT2D eigenvalue weighted by atomic mass is 10.00. The van der Waals surface area contributed by atoms with Crippen molar-refractivity contribution in [3.8, 4) is 5.75 Å². The molecule has 0 spiro atoms. The maximum absolute atomic E-state index is 12.7. The van der Waals surface area contributed by atoms with E-state index in [1.54, 1.807) is 24.3 Å². The molecule has 7 heteroatoms. The molecule has 2 heterocycles. The largest absolute Gasteiger partial charge is 0.507 e. The normalized spacial score (nSPS) is 19.2. The summed E-state index contributed by atoms with van der Waals surface area (Å²) in [7, 11) is 3.06. The summed E-state index contributed by atoms with van der Waals surface area (Å²) >= 11 is 1.43. The van der Waals surface area contributed by atoms with E-state index in [0.717, 1.165) is 4.88 Å². The van der Waals surface area contributed by atoms with Crippen LogP contribution in [0.25, 0.3) is 5.76 Å². The molecule has 1 N–H and O–H groups in total. The van der Waals surface area contributed by atoms with Gasteiger partial charge in [-0.3, -0.25) is 9.59 Å². The van der Waals surface area contributed by atoms with Gasteiger partial charge < -0.3 is 19.5 Å². The molecule has 2 aromatic rings. The number of carbonyl (C=O) groups excluding carboxylic acids is 2. The fraction of sp³-hybridized carbons (Fsp3) is 0.263. The first-order chi connectivity index (χ1) is 12.6. The highest BCUT2D eigenvalue weighted by Crippen LogP contribution is 2.41. The van der Waals surface area contributed by atoms with E-state index < -0.39 is 17.7 Å². The summed E-state index contributed by atoms with van der Waals surface area (Å²) in [6.45, 7) is 0.562. The van der Waals surface area contributed by atoms with Crippen LogP contribution in [0.5, 0.6) is 5.75 Å². The molecule has 0 radical (unpaired) electrons. The molecule has 1 aliphatic heterocycles. The fourth-order valence-corrected chi connectivity index (χ4v) is 3.81. The fourth-order valence-electron chi connectivity index (χ4n) is 2.97. The second kappa shape index (κ2) is 7.72. The SMILES string of the molecule is COCCN1C(=O)C(=O)C(=C(O)c2cccc(OC)c2)C1c1cccs1. The number of rotatable bonds is 6. The highest BCUT2D eigenvalue weighted by molar-refractivity contribution is 7.10. The minimum Gasteiger partial charge on any atom is -0.507 e. The third-order valence-electron chi connectivity index (χ3n) is 4.23. The van der Waals surface area contributed by atoms with Gasteiger partial charge in [0.15, 0.2) is 0 Å². The molecular weight excluding hydrogens is 354 g/mol. The first-order valence-electron chi connectivity index (χ1n) is 8.03. The molecule has 0 aliphatic carbocycles. The Hall–Kier alpha value is -2.64. The van der Waals surface area contributed by atoms with E-state index in [-0.39, 0.29) is 17.9 Å². The molecule has 1 aliphatic rings. The van der Waals surface area contributed by atoms with Crippen LogP contribution in [0.15, 0.2) is 47.4 Å². The van der Waals surface area contributed by atoms with E-state index in [4.69, 9.17) is 9.47 Å². The number of hydrogen-bond donors (Lipinski definition) is 1. The number of ether oxygens (including phenoxy) is 2. The van der Waals surface area contributed by atoms with E-state index >= 15 is 0 Å². The van der Waals surface area contributed by atoms with Gasteiger partial charge in [0.05, 0.1) is 25.3 Å². The van der Waals surface area contributed by atoms with Crippen molar-refractivity contribution >= 4 is 28.8 Å².